The lowest BCUT2D eigenvalue weighted by atomic mass is 9.84. The molecule has 0 aliphatic carbocycles. The van der Waals surface area contributed by atoms with Crippen LogP contribution in [0.3, 0.4) is 0 Å². The summed E-state index contributed by atoms with van der Waals surface area (Å²) in [7, 11) is 0. The summed E-state index contributed by atoms with van der Waals surface area (Å²) in [5, 5.41) is 2.22. The van der Waals surface area contributed by atoms with Gasteiger partial charge in [0.15, 0.2) is 0 Å². The molecule has 7 rings (SSSR count). The molecule has 48 heavy (non-hydrogen) atoms. The molecular formula is C47H44O. The number of para-hydroxylation sites is 1. The predicted octanol–water partition coefficient (Wildman–Crippen LogP) is 13.6. The molecule has 0 spiro atoms. The van der Waals surface area contributed by atoms with E-state index in [1.807, 2.05) is 12.1 Å². The Morgan fingerprint density at radius 1 is 0.500 bits per heavy atom. The first-order chi connectivity index (χ1) is 22.9. The molecule has 0 amide bonds. The number of fused-ring (bicyclic) bond motifs is 3. The first-order valence-electron chi connectivity index (χ1n) is 17.0. The average molecular weight is 625 g/mol. The Morgan fingerprint density at radius 2 is 1.02 bits per heavy atom. The summed E-state index contributed by atoms with van der Waals surface area (Å²) in [5.74, 6) is 0. The van der Waals surface area contributed by atoms with Gasteiger partial charge in [-0.1, -0.05) is 151 Å². The van der Waals surface area contributed by atoms with E-state index in [9.17, 15) is 0 Å². The number of furan rings is 1. The van der Waals surface area contributed by atoms with E-state index in [-0.39, 0.29) is 10.8 Å². The molecule has 6 aromatic carbocycles. The van der Waals surface area contributed by atoms with E-state index in [1.165, 1.54) is 50.1 Å². The molecule has 0 aliphatic rings. The fourth-order valence-electron chi connectivity index (χ4n) is 6.80. The van der Waals surface area contributed by atoms with Crippen LogP contribution in [0.25, 0.3) is 60.9 Å². The number of rotatable bonds is 5. The van der Waals surface area contributed by atoms with Crippen molar-refractivity contribution in [1.29, 1.82) is 0 Å². The van der Waals surface area contributed by atoms with Crippen molar-refractivity contribution in [3.05, 3.63) is 162 Å². The van der Waals surface area contributed by atoms with Gasteiger partial charge in [-0.3, -0.25) is 0 Å². The van der Waals surface area contributed by atoms with Gasteiger partial charge in [0.05, 0.1) is 0 Å². The number of hydrogen-bond donors (Lipinski definition) is 0. The van der Waals surface area contributed by atoms with E-state index in [0.29, 0.717) is 0 Å². The molecule has 1 heterocycles. The van der Waals surface area contributed by atoms with Gasteiger partial charge in [0.1, 0.15) is 11.2 Å². The van der Waals surface area contributed by atoms with Crippen LogP contribution in [0.2, 0.25) is 0 Å². The quantitative estimate of drug-likeness (QED) is 0.186. The zero-order chi connectivity index (χ0) is 33.8. The highest BCUT2D eigenvalue weighted by molar-refractivity contribution is 6.12. The van der Waals surface area contributed by atoms with Crippen molar-refractivity contribution < 1.29 is 4.42 Å². The van der Waals surface area contributed by atoms with E-state index < -0.39 is 0 Å². The fourth-order valence-corrected chi connectivity index (χ4v) is 6.80. The van der Waals surface area contributed by atoms with E-state index >= 15 is 0 Å². The van der Waals surface area contributed by atoms with Crippen molar-refractivity contribution in [1.82, 2.24) is 0 Å². The van der Waals surface area contributed by atoms with Crippen LogP contribution in [0.1, 0.15) is 69.4 Å². The Hall–Kier alpha value is -5.14. The van der Waals surface area contributed by atoms with E-state index in [4.69, 9.17) is 11.0 Å². The Morgan fingerprint density at radius 3 is 1.62 bits per heavy atom. The Kier molecular flexibility index (Phi) is 7.75. The second kappa shape index (κ2) is 11.8. The van der Waals surface area contributed by atoms with Crippen LogP contribution in [-0.2, 0) is 10.8 Å². The molecule has 0 aliphatic heterocycles. The minimum Gasteiger partial charge on any atom is -0.456 e. The van der Waals surface area contributed by atoms with Gasteiger partial charge < -0.3 is 4.42 Å². The molecule has 1 aromatic heterocycles. The molecule has 0 atom stereocenters. The minimum atomic E-state index is 0.103. The summed E-state index contributed by atoms with van der Waals surface area (Å²) in [6.07, 6.45) is 0. The largest absolute Gasteiger partial charge is 0.456 e. The van der Waals surface area contributed by atoms with Gasteiger partial charge in [-0.15, -0.1) is 0 Å². The predicted molar refractivity (Wildman–Crippen MR) is 207 cm³/mol. The molecule has 0 saturated heterocycles. The number of benzene rings is 6. The van der Waals surface area contributed by atoms with Crippen LogP contribution < -0.4 is 0 Å². The van der Waals surface area contributed by atoms with Crippen molar-refractivity contribution in [2.75, 3.05) is 0 Å². The van der Waals surface area contributed by atoms with Gasteiger partial charge in [0, 0.05) is 10.8 Å². The summed E-state index contributed by atoms with van der Waals surface area (Å²) < 4.78 is 6.28. The van der Waals surface area contributed by atoms with Gasteiger partial charge >= 0.3 is 0 Å². The zero-order valence-electron chi connectivity index (χ0n) is 29.2. The molecule has 0 fully saturated rings. The van der Waals surface area contributed by atoms with Crippen molar-refractivity contribution in [2.24, 2.45) is 0 Å². The maximum atomic E-state index is 6.28. The normalized spacial score (nSPS) is 12.1. The van der Waals surface area contributed by atoms with Crippen LogP contribution >= 0.6 is 0 Å². The van der Waals surface area contributed by atoms with Gasteiger partial charge in [-0.2, -0.15) is 0 Å². The molecule has 0 bridgehead atoms. The fraction of sp³-hybridized carbons (Fsp3) is 0.191. The monoisotopic (exact) mass is 624 g/mol. The summed E-state index contributed by atoms with van der Waals surface area (Å²) >= 11 is 0. The summed E-state index contributed by atoms with van der Waals surface area (Å²) in [6.45, 7) is 20.5. The first kappa shape index (κ1) is 31.5. The maximum absolute atomic E-state index is 6.28. The lowest BCUT2D eigenvalue weighted by molar-refractivity contribution is 0.590. The summed E-state index contributed by atoms with van der Waals surface area (Å²) in [5.41, 5.74) is 16.3. The smallest absolute Gasteiger partial charge is 0.136 e. The topological polar surface area (TPSA) is 13.1 Å². The van der Waals surface area contributed by atoms with Crippen LogP contribution in [0.4, 0.5) is 0 Å². The lowest BCUT2D eigenvalue weighted by Crippen LogP contribution is -2.10. The number of aryl methyl sites for hydroxylation is 1. The molecule has 0 unspecified atom stereocenters. The third kappa shape index (κ3) is 5.79. The third-order valence-electron chi connectivity index (χ3n) is 9.77. The molecule has 7 aromatic rings. The highest BCUT2D eigenvalue weighted by Crippen LogP contribution is 2.42. The highest BCUT2D eigenvalue weighted by Gasteiger charge is 2.20. The molecule has 0 N–H and O–H groups in total. The van der Waals surface area contributed by atoms with Gasteiger partial charge in [-0.05, 0) is 109 Å². The van der Waals surface area contributed by atoms with E-state index in [0.717, 1.165) is 38.6 Å². The highest BCUT2D eigenvalue weighted by atomic mass is 16.3. The molecule has 0 radical (unpaired) electrons. The Labute approximate surface area is 285 Å². The van der Waals surface area contributed by atoms with Crippen molar-refractivity contribution in [3.8, 4) is 33.4 Å². The van der Waals surface area contributed by atoms with Gasteiger partial charge in [0.2, 0.25) is 0 Å². The van der Waals surface area contributed by atoms with Crippen LogP contribution in [0.5, 0.6) is 0 Å². The van der Waals surface area contributed by atoms with E-state index in [2.05, 4.69) is 164 Å². The van der Waals surface area contributed by atoms with Crippen LogP contribution in [0.15, 0.2) is 138 Å². The van der Waals surface area contributed by atoms with Gasteiger partial charge in [0.25, 0.3) is 0 Å². The molecular weight excluding hydrogens is 581 g/mol. The summed E-state index contributed by atoms with van der Waals surface area (Å²) in [4.78, 5) is 0. The second-order valence-electron chi connectivity index (χ2n) is 15.2. The Balaban J connectivity index is 1.41. The van der Waals surface area contributed by atoms with Crippen LogP contribution in [0, 0.1) is 6.92 Å². The second-order valence-corrected chi connectivity index (χ2v) is 15.2. The third-order valence-corrected chi connectivity index (χ3v) is 9.77. The molecule has 238 valence electrons. The van der Waals surface area contributed by atoms with Crippen LogP contribution in [-0.4, -0.2) is 0 Å². The van der Waals surface area contributed by atoms with Crippen molar-refractivity contribution in [2.45, 2.75) is 59.3 Å². The first-order valence-corrected chi connectivity index (χ1v) is 17.0. The SMILES string of the molecule is C=C(c1ccc(-c2ccc(C(C)(C)C)cc2)cc1-c1cc(-c2ccc(C(C)(C)C)cc2)ccc1C)c1cccc2oc3ccccc3c12. The number of hydrogen-bond acceptors (Lipinski definition) is 1. The van der Waals surface area contributed by atoms with Gasteiger partial charge in [-0.25, -0.2) is 0 Å². The molecule has 1 heteroatoms. The van der Waals surface area contributed by atoms with Crippen molar-refractivity contribution >= 4 is 27.5 Å². The summed E-state index contributed by atoms with van der Waals surface area (Å²) in [6, 6.07) is 46.4. The standard InChI is InChI=1S/C47H44O/c1-30-16-17-34(32-18-23-36(24-19-32)46(3,4)5)28-41(30)42-29-35(33-20-25-37(26-21-33)47(6,7)8)22-27-38(42)31(2)39-13-11-15-44-45(39)40-12-9-10-14-43(40)48-44/h9-29H,2H2,1,3-8H3. The van der Waals surface area contributed by atoms with E-state index in [1.54, 1.807) is 0 Å². The maximum Gasteiger partial charge on any atom is 0.136 e. The molecule has 0 saturated carbocycles. The lowest BCUT2D eigenvalue weighted by Gasteiger charge is -2.20. The van der Waals surface area contributed by atoms with Crippen molar-refractivity contribution in [3.63, 3.8) is 0 Å². The zero-order valence-corrected chi connectivity index (χ0v) is 29.2. The molecule has 1 nitrogen and oxygen atoms in total. The average Bonchev–Trinajstić information content (AvgIpc) is 3.46. The minimum absolute atomic E-state index is 0.103. The Bertz CT molecular complexity index is 2300.